The molecular formula is C11H13NO2S. The normalized spacial score (nSPS) is 21.2. The van der Waals surface area contributed by atoms with E-state index in [1.54, 1.807) is 0 Å². The zero-order chi connectivity index (χ0) is 10.8. The van der Waals surface area contributed by atoms with Crippen LogP contribution in [0.3, 0.4) is 0 Å². The first-order chi connectivity index (χ1) is 7.18. The Hall–Kier alpha value is -1.00. The lowest BCUT2D eigenvalue weighted by Crippen LogP contribution is -2.38. The average Bonchev–Trinajstić information content (AvgIpc) is 2.20. The smallest absolute Gasteiger partial charge is 0.327 e. The molecule has 0 spiro atoms. The largest absolute Gasteiger partial charge is 0.463 e. The van der Waals surface area contributed by atoms with Crippen molar-refractivity contribution < 1.29 is 9.53 Å². The number of carbonyl (C=O) groups is 1. The highest BCUT2D eigenvalue weighted by Crippen LogP contribution is 2.24. The average molecular weight is 223 g/mol. The number of benzene rings is 1. The van der Waals surface area contributed by atoms with Crippen LogP contribution in [-0.4, -0.2) is 19.1 Å². The standard InChI is InChI=1S/C11H13NO2S/c1-7-2-3-8(9(15)6-7)10-11(13)14-5-4-12-10/h2-3,6,10,12,15H,4-5H2,1H3. The Morgan fingerprint density at radius 3 is 3.00 bits per heavy atom. The van der Waals surface area contributed by atoms with E-state index in [0.717, 1.165) is 16.0 Å². The van der Waals surface area contributed by atoms with Crippen LogP contribution >= 0.6 is 12.6 Å². The maximum Gasteiger partial charge on any atom is 0.327 e. The first kappa shape index (κ1) is 10.5. The number of hydrogen-bond acceptors (Lipinski definition) is 4. The van der Waals surface area contributed by atoms with Gasteiger partial charge in [-0.15, -0.1) is 12.6 Å². The second kappa shape index (κ2) is 4.24. The fraction of sp³-hybridized carbons (Fsp3) is 0.364. The minimum atomic E-state index is -0.369. The first-order valence-electron chi connectivity index (χ1n) is 4.88. The molecule has 0 aromatic heterocycles. The Labute approximate surface area is 94.2 Å². The van der Waals surface area contributed by atoms with Gasteiger partial charge < -0.3 is 4.74 Å². The van der Waals surface area contributed by atoms with E-state index >= 15 is 0 Å². The lowest BCUT2D eigenvalue weighted by atomic mass is 10.0. The third kappa shape index (κ3) is 2.16. The summed E-state index contributed by atoms with van der Waals surface area (Å²) in [5.41, 5.74) is 2.02. The molecule has 1 N–H and O–H groups in total. The zero-order valence-corrected chi connectivity index (χ0v) is 9.38. The van der Waals surface area contributed by atoms with Crippen LogP contribution in [0.15, 0.2) is 23.1 Å². The van der Waals surface area contributed by atoms with Crippen LogP contribution in [0.4, 0.5) is 0 Å². The van der Waals surface area contributed by atoms with Gasteiger partial charge in [-0.25, -0.2) is 4.79 Å². The minimum absolute atomic E-state index is 0.222. The number of hydrogen-bond donors (Lipinski definition) is 2. The Morgan fingerprint density at radius 2 is 2.33 bits per heavy atom. The van der Waals surface area contributed by atoms with Gasteiger partial charge in [-0.2, -0.15) is 0 Å². The van der Waals surface area contributed by atoms with Gasteiger partial charge in [0.1, 0.15) is 12.6 Å². The summed E-state index contributed by atoms with van der Waals surface area (Å²) in [4.78, 5) is 12.3. The molecule has 3 nitrogen and oxygen atoms in total. The summed E-state index contributed by atoms with van der Waals surface area (Å²) >= 11 is 4.37. The van der Waals surface area contributed by atoms with Gasteiger partial charge in [0.05, 0.1) is 0 Å². The monoisotopic (exact) mass is 223 g/mol. The summed E-state index contributed by atoms with van der Waals surface area (Å²) in [7, 11) is 0. The quantitative estimate of drug-likeness (QED) is 0.559. The summed E-state index contributed by atoms with van der Waals surface area (Å²) in [6, 6.07) is 5.47. The molecule has 0 amide bonds. The molecule has 80 valence electrons. The van der Waals surface area contributed by atoms with Gasteiger partial charge in [-0.1, -0.05) is 17.7 Å². The van der Waals surface area contributed by atoms with Crippen LogP contribution in [0.5, 0.6) is 0 Å². The molecule has 1 aliphatic rings. The number of ether oxygens (including phenoxy) is 1. The Balaban J connectivity index is 2.31. The molecule has 1 saturated heterocycles. The molecule has 1 aromatic carbocycles. The van der Waals surface area contributed by atoms with Crippen LogP contribution in [0.25, 0.3) is 0 Å². The SMILES string of the molecule is Cc1ccc(C2NCCOC2=O)c(S)c1. The predicted molar refractivity (Wildman–Crippen MR) is 60.1 cm³/mol. The lowest BCUT2D eigenvalue weighted by molar-refractivity contribution is -0.149. The van der Waals surface area contributed by atoms with Crippen molar-refractivity contribution in [3.05, 3.63) is 29.3 Å². The third-order valence-electron chi connectivity index (χ3n) is 2.43. The van der Waals surface area contributed by atoms with Crippen molar-refractivity contribution in [2.24, 2.45) is 0 Å². The molecule has 0 aliphatic carbocycles. The van der Waals surface area contributed by atoms with E-state index in [4.69, 9.17) is 4.74 Å². The highest BCUT2D eigenvalue weighted by atomic mass is 32.1. The molecule has 1 heterocycles. The fourth-order valence-corrected chi connectivity index (χ4v) is 2.06. The van der Waals surface area contributed by atoms with E-state index in [1.807, 2.05) is 25.1 Å². The third-order valence-corrected chi connectivity index (χ3v) is 2.81. The Kier molecular flexibility index (Phi) is 2.98. The minimum Gasteiger partial charge on any atom is -0.463 e. The molecule has 0 bridgehead atoms. The van der Waals surface area contributed by atoms with Crippen molar-refractivity contribution in [2.75, 3.05) is 13.2 Å². The Morgan fingerprint density at radius 1 is 1.53 bits per heavy atom. The maximum absolute atomic E-state index is 11.5. The van der Waals surface area contributed by atoms with Gasteiger partial charge in [0.2, 0.25) is 0 Å². The van der Waals surface area contributed by atoms with Gasteiger partial charge in [-0.05, 0) is 18.6 Å². The van der Waals surface area contributed by atoms with E-state index in [9.17, 15) is 4.79 Å². The number of morpholine rings is 1. The van der Waals surface area contributed by atoms with E-state index in [-0.39, 0.29) is 12.0 Å². The molecule has 4 heteroatoms. The van der Waals surface area contributed by atoms with Crippen LogP contribution < -0.4 is 5.32 Å². The summed E-state index contributed by atoms with van der Waals surface area (Å²) in [6.07, 6.45) is 0. The number of thiol groups is 1. The fourth-order valence-electron chi connectivity index (χ4n) is 1.66. The molecule has 0 radical (unpaired) electrons. The lowest BCUT2D eigenvalue weighted by Gasteiger charge is -2.23. The van der Waals surface area contributed by atoms with E-state index in [0.29, 0.717) is 13.2 Å². The summed E-state index contributed by atoms with van der Waals surface area (Å²) in [5, 5.41) is 3.12. The van der Waals surface area contributed by atoms with Crippen molar-refractivity contribution in [3.8, 4) is 0 Å². The molecule has 1 unspecified atom stereocenters. The van der Waals surface area contributed by atoms with E-state index in [1.165, 1.54) is 0 Å². The number of aryl methyl sites for hydroxylation is 1. The van der Waals surface area contributed by atoms with Crippen molar-refractivity contribution in [2.45, 2.75) is 17.9 Å². The molecule has 1 atom stereocenters. The van der Waals surface area contributed by atoms with Crippen molar-refractivity contribution in [1.82, 2.24) is 5.32 Å². The second-order valence-electron chi connectivity index (χ2n) is 3.62. The van der Waals surface area contributed by atoms with Gasteiger partial charge >= 0.3 is 5.97 Å². The predicted octanol–water partition coefficient (Wildman–Crippen LogP) is 1.47. The molecule has 15 heavy (non-hydrogen) atoms. The molecule has 1 aromatic rings. The number of carbonyl (C=O) groups excluding carboxylic acids is 1. The summed E-state index contributed by atoms with van der Waals surface area (Å²) in [5.74, 6) is -0.222. The van der Waals surface area contributed by atoms with Crippen LogP contribution in [0, 0.1) is 6.92 Å². The van der Waals surface area contributed by atoms with Crippen LogP contribution in [0.1, 0.15) is 17.2 Å². The van der Waals surface area contributed by atoms with E-state index in [2.05, 4.69) is 17.9 Å². The van der Waals surface area contributed by atoms with Crippen molar-refractivity contribution >= 4 is 18.6 Å². The molecular weight excluding hydrogens is 210 g/mol. The number of esters is 1. The van der Waals surface area contributed by atoms with Crippen LogP contribution in [0.2, 0.25) is 0 Å². The van der Waals surface area contributed by atoms with Gasteiger partial charge in [-0.3, -0.25) is 5.32 Å². The van der Waals surface area contributed by atoms with Crippen molar-refractivity contribution in [3.63, 3.8) is 0 Å². The number of cyclic esters (lactones) is 1. The molecule has 1 fully saturated rings. The highest BCUT2D eigenvalue weighted by Gasteiger charge is 2.26. The van der Waals surface area contributed by atoms with E-state index < -0.39 is 0 Å². The summed E-state index contributed by atoms with van der Waals surface area (Å²) < 4.78 is 4.99. The molecule has 0 saturated carbocycles. The first-order valence-corrected chi connectivity index (χ1v) is 5.33. The second-order valence-corrected chi connectivity index (χ2v) is 4.10. The molecule has 1 aliphatic heterocycles. The number of nitrogens with one attached hydrogen (secondary N) is 1. The maximum atomic E-state index is 11.5. The summed E-state index contributed by atoms with van der Waals surface area (Å²) in [6.45, 7) is 3.14. The zero-order valence-electron chi connectivity index (χ0n) is 8.49. The van der Waals surface area contributed by atoms with Crippen LogP contribution in [-0.2, 0) is 9.53 Å². The topological polar surface area (TPSA) is 38.3 Å². The van der Waals surface area contributed by atoms with Gasteiger partial charge in [0.15, 0.2) is 0 Å². The van der Waals surface area contributed by atoms with Gasteiger partial charge in [0, 0.05) is 11.4 Å². The van der Waals surface area contributed by atoms with Gasteiger partial charge in [0.25, 0.3) is 0 Å². The number of rotatable bonds is 1. The van der Waals surface area contributed by atoms with Crippen molar-refractivity contribution in [1.29, 1.82) is 0 Å². The Bertz CT molecular complexity index is 392. The molecule has 2 rings (SSSR count). The highest BCUT2D eigenvalue weighted by molar-refractivity contribution is 7.80.